The maximum absolute atomic E-state index is 12.9. The summed E-state index contributed by atoms with van der Waals surface area (Å²) in [5, 5.41) is 2.88. The van der Waals surface area contributed by atoms with E-state index in [4.69, 9.17) is 0 Å². The van der Waals surface area contributed by atoms with E-state index >= 15 is 0 Å². The van der Waals surface area contributed by atoms with Crippen LogP contribution in [0, 0.1) is 6.92 Å². The molecule has 0 fully saturated rings. The SMILES string of the molecule is Cc1ccc(NC(=O)CN(C)[C@H](C)C(=O)N2CCc3ccccc3C2)cc1. The molecule has 2 aromatic carbocycles. The van der Waals surface area contributed by atoms with E-state index in [1.165, 1.54) is 11.1 Å². The average molecular weight is 365 g/mol. The van der Waals surface area contributed by atoms with E-state index in [9.17, 15) is 9.59 Å². The summed E-state index contributed by atoms with van der Waals surface area (Å²) in [4.78, 5) is 28.9. The Hall–Kier alpha value is -2.66. The van der Waals surface area contributed by atoms with Crippen molar-refractivity contribution < 1.29 is 9.59 Å². The van der Waals surface area contributed by atoms with Gasteiger partial charge in [-0.15, -0.1) is 0 Å². The normalized spacial score (nSPS) is 14.6. The summed E-state index contributed by atoms with van der Waals surface area (Å²) in [6.45, 7) is 5.41. The van der Waals surface area contributed by atoms with Gasteiger partial charge in [0.25, 0.3) is 0 Å². The van der Waals surface area contributed by atoms with E-state index in [0.29, 0.717) is 6.54 Å². The second-order valence-corrected chi connectivity index (χ2v) is 7.28. The molecule has 2 aromatic rings. The fourth-order valence-electron chi connectivity index (χ4n) is 3.34. The van der Waals surface area contributed by atoms with Gasteiger partial charge in [0, 0.05) is 18.8 Å². The topological polar surface area (TPSA) is 52.7 Å². The van der Waals surface area contributed by atoms with Gasteiger partial charge < -0.3 is 10.2 Å². The molecule has 1 heterocycles. The lowest BCUT2D eigenvalue weighted by Gasteiger charge is -2.33. The van der Waals surface area contributed by atoms with Crippen LogP contribution >= 0.6 is 0 Å². The summed E-state index contributed by atoms with van der Waals surface area (Å²) in [7, 11) is 1.81. The number of carbonyl (C=O) groups is 2. The highest BCUT2D eigenvalue weighted by Gasteiger charge is 2.27. The molecule has 1 aliphatic heterocycles. The number of likely N-dealkylation sites (N-methyl/N-ethyl adjacent to an activating group) is 1. The molecule has 3 rings (SSSR count). The van der Waals surface area contributed by atoms with E-state index in [0.717, 1.165) is 24.2 Å². The quantitative estimate of drug-likeness (QED) is 0.886. The van der Waals surface area contributed by atoms with Crippen molar-refractivity contribution in [3.05, 3.63) is 65.2 Å². The minimum absolute atomic E-state index is 0.0649. The van der Waals surface area contributed by atoms with E-state index in [1.54, 1.807) is 4.90 Å². The first-order valence-corrected chi connectivity index (χ1v) is 9.36. The molecular weight excluding hydrogens is 338 g/mol. The summed E-state index contributed by atoms with van der Waals surface area (Å²) in [6.07, 6.45) is 0.881. The Bertz CT molecular complexity index is 817. The van der Waals surface area contributed by atoms with Gasteiger partial charge >= 0.3 is 0 Å². The number of aryl methyl sites for hydroxylation is 1. The highest BCUT2D eigenvalue weighted by Crippen LogP contribution is 2.19. The minimum Gasteiger partial charge on any atom is -0.337 e. The first-order chi connectivity index (χ1) is 12.9. The van der Waals surface area contributed by atoms with Crippen molar-refractivity contribution in [2.24, 2.45) is 0 Å². The predicted octanol–water partition coefficient (Wildman–Crippen LogP) is 2.84. The summed E-state index contributed by atoms with van der Waals surface area (Å²) < 4.78 is 0. The van der Waals surface area contributed by atoms with Gasteiger partial charge in [-0.3, -0.25) is 14.5 Å². The molecular formula is C22H27N3O2. The monoisotopic (exact) mass is 365 g/mol. The van der Waals surface area contributed by atoms with Gasteiger partial charge in [-0.05, 0) is 50.6 Å². The first kappa shape index (κ1) is 19.1. The number of carbonyl (C=O) groups excluding carboxylic acids is 2. The van der Waals surface area contributed by atoms with Crippen LogP contribution in [0.4, 0.5) is 5.69 Å². The van der Waals surface area contributed by atoms with Crippen molar-refractivity contribution in [1.29, 1.82) is 0 Å². The van der Waals surface area contributed by atoms with Crippen molar-refractivity contribution >= 4 is 17.5 Å². The number of nitrogens with zero attached hydrogens (tertiary/aromatic N) is 2. The molecule has 2 amide bonds. The molecule has 27 heavy (non-hydrogen) atoms. The Morgan fingerprint density at radius 2 is 1.78 bits per heavy atom. The number of benzene rings is 2. The first-order valence-electron chi connectivity index (χ1n) is 9.36. The lowest BCUT2D eigenvalue weighted by molar-refractivity contribution is -0.137. The zero-order chi connectivity index (χ0) is 19.4. The standard InChI is InChI=1S/C22H27N3O2/c1-16-8-10-20(11-9-16)23-21(26)15-24(3)17(2)22(27)25-13-12-18-6-4-5-7-19(18)14-25/h4-11,17H,12-15H2,1-3H3,(H,23,26)/t17-/m1/s1. The number of anilines is 1. The zero-order valence-electron chi connectivity index (χ0n) is 16.2. The Balaban J connectivity index is 1.55. The van der Waals surface area contributed by atoms with Gasteiger partial charge in [0.2, 0.25) is 11.8 Å². The third-order valence-corrected chi connectivity index (χ3v) is 5.19. The fourth-order valence-corrected chi connectivity index (χ4v) is 3.34. The van der Waals surface area contributed by atoms with Gasteiger partial charge in [-0.25, -0.2) is 0 Å². The molecule has 0 radical (unpaired) electrons. The van der Waals surface area contributed by atoms with Crippen molar-refractivity contribution in [1.82, 2.24) is 9.80 Å². The molecule has 1 aliphatic rings. The van der Waals surface area contributed by atoms with Gasteiger partial charge in [0.05, 0.1) is 12.6 Å². The molecule has 0 bridgehead atoms. The molecule has 0 saturated heterocycles. The van der Waals surface area contributed by atoms with Crippen LogP contribution in [0.3, 0.4) is 0 Å². The van der Waals surface area contributed by atoms with Crippen LogP contribution in [0.15, 0.2) is 48.5 Å². The van der Waals surface area contributed by atoms with Crippen LogP contribution < -0.4 is 5.32 Å². The summed E-state index contributed by atoms with van der Waals surface area (Å²) in [5.74, 6) is -0.0554. The van der Waals surface area contributed by atoms with Gasteiger partial charge in [0.1, 0.15) is 0 Å². The molecule has 0 spiro atoms. The zero-order valence-corrected chi connectivity index (χ0v) is 16.2. The van der Waals surface area contributed by atoms with E-state index in [1.807, 2.05) is 62.2 Å². The van der Waals surface area contributed by atoms with E-state index in [2.05, 4.69) is 17.4 Å². The molecule has 142 valence electrons. The molecule has 5 nitrogen and oxygen atoms in total. The third kappa shape index (κ3) is 4.74. The molecule has 0 saturated carbocycles. The second-order valence-electron chi connectivity index (χ2n) is 7.28. The predicted molar refractivity (Wildman–Crippen MR) is 107 cm³/mol. The minimum atomic E-state index is -0.348. The van der Waals surface area contributed by atoms with Gasteiger partial charge in [0.15, 0.2) is 0 Å². The number of fused-ring (bicyclic) bond motifs is 1. The third-order valence-electron chi connectivity index (χ3n) is 5.19. The molecule has 5 heteroatoms. The van der Waals surface area contributed by atoms with Crippen LogP contribution in [0.5, 0.6) is 0 Å². The average Bonchev–Trinajstić information content (AvgIpc) is 2.68. The number of amides is 2. The van der Waals surface area contributed by atoms with Crippen molar-refractivity contribution in [2.75, 3.05) is 25.5 Å². The fraction of sp³-hybridized carbons (Fsp3) is 0.364. The summed E-state index contributed by atoms with van der Waals surface area (Å²) in [5.41, 5.74) is 4.45. The van der Waals surface area contributed by atoms with Crippen molar-refractivity contribution in [2.45, 2.75) is 32.9 Å². The largest absolute Gasteiger partial charge is 0.337 e. The Labute approximate surface area is 161 Å². The molecule has 1 N–H and O–H groups in total. The summed E-state index contributed by atoms with van der Waals surface area (Å²) in [6, 6.07) is 15.6. The second kappa shape index (κ2) is 8.35. The van der Waals surface area contributed by atoms with Crippen LogP contribution in [-0.2, 0) is 22.6 Å². The highest BCUT2D eigenvalue weighted by molar-refractivity contribution is 5.92. The van der Waals surface area contributed by atoms with Crippen LogP contribution in [0.2, 0.25) is 0 Å². The van der Waals surface area contributed by atoms with Crippen LogP contribution in [-0.4, -0.2) is 47.8 Å². The lowest BCUT2D eigenvalue weighted by Crippen LogP contribution is -2.49. The smallest absolute Gasteiger partial charge is 0.239 e. The van der Waals surface area contributed by atoms with Gasteiger partial charge in [-0.1, -0.05) is 42.0 Å². The Kier molecular flexibility index (Phi) is 5.91. The van der Waals surface area contributed by atoms with E-state index in [-0.39, 0.29) is 24.4 Å². The van der Waals surface area contributed by atoms with Crippen LogP contribution in [0.25, 0.3) is 0 Å². The lowest BCUT2D eigenvalue weighted by atomic mass is 9.99. The highest BCUT2D eigenvalue weighted by atomic mass is 16.2. The molecule has 1 atom stereocenters. The van der Waals surface area contributed by atoms with Gasteiger partial charge in [-0.2, -0.15) is 0 Å². The molecule has 0 aliphatic carbocycles. The van der Waals surface area contributed by atoms with Crippen LogP contribution in [0.1, 0.15) is 23.6 Å². The molecule has 0 aromatic heterocycles. The maximum Gasteiger partial charge on any atom is 0.239 e. The Morgan fingerprint density at radius 3 is 2.48 bits per heavy atom. The van der Waals surface area contributed by atoms with E-state index < -0.39 is 0 Å². The Morgan fingerprint density at radius 1 is 1.11 bits per heavy atom. The number of hydrogen-bond donors (Lipinski definition) is 1. The number of hydrogen-bond acceptors (Lipinski definition) is 3. The summed E-state index contributed by atoms with van der Waals surface area (Å²) >= 11 is 0. The van der Waals surface area contributed by atoms with Crippen molar-refractivity contribution in [3.63, 3.8) is 0 Å². The number of rotatable bonds is 5. The number of nitrogens with one attached hydrogen (secondary N) is 1. The maximum atomic E-state index is 12.9. The van der Waals surface area contributed by atoms with Crippen molar-refractivity contribution in [3.8, 4) is 0 Å². The molecule has 0 unspecified atom stereocenters.